The third kappa shape index (κ3) is 3.91. The fraction of sp³-hybridized carbons (Fsp3) is 0.706. The second-order valence-electron chi connectivity index (χ2n) is 6.55. The molecule has 1 aliphatic carbocycles. The molecule has 1 aliphatic rings. The molecule has 0 bridgehead atoms. The van der Waals surface area contributed by atoms with Gasteiger partial charge in [0.05, 0.1) is 18.7 Å². The van der Waals surface area contributed by atoms with Crippen LogP contribution in [0.4, 0.5) is 0 Å². The molecule has 0 aromatic carbocycles. The number of nitrogens with one attached hydrogen (secondary N) is 1. The first kappa shape index (κ1) is 17.5. The Bertz CT molecular complexity index is 542. The molecule has 0 unspecified atom stereocenters. The zero-order valence-corrected chi connectivity index (χ0v) is 14.3. The van der Waals surface area contributed by atoms with Crippen molar-refractivity contribution in [3.63, 3.8) is 0 Å². The number of hydrogen-bond donors (Lipinski definition) is 1. The quantitative estimate of drug-likeness (QED) is 0.872. The van der Waals surface area contributed by atoms with Gasteiger partial charge in [-0.05, 0) is 32.8 Å². The highest BCUT2D eigenvalue weighted by molar-refractivity contribution is 5.79. The van der Waals surface area contributed by atoms with Crippen LogP contribution in [-0.4, -0.2) is 45.8 Å². The topological polar surface area (TPSA) is 74.0 Å². The molecule has 1 heterocycles. The molecule has 0 radical (unpaired) electrons. The highest BCUT2D eigenvalue weighted by Crippen LogP contribution is 2.32. The Morgan fingerprint density at radius 3 is 2.70 bits per heavy atom. The maximum atomic E-state index is 12.5. The van der Waals surface area contributed by atoms with Crippen LogP contribution >= 0.6 is 0 Å². The summed E-state index contributed by atoms with van der Waals surface area (Å²) in [5.74, 6) is -0.0204. The second-order valence-corrected chi connectivity index (χ2v) is 6.55. The molecule has 0 spiro atoms. The molecule has 1 fully saturated rings. The molecule has 6 heteroatoms. The predicted octanol–water partition coefficient (Wildman–Crippen LogP) is 2.11. The highest BCUT2D eigenvalue weighted by atomic mass is 16.2. The number of rotatable bonds is 6. The lowest BCUT2D eigenvalue weighted by atomic mass is 9.81. The molecule has 6 nitrogen and oxygen atoms in total. The Hall–Kier alpha value is -1.87. The molecular formula is C17H27N5O. The van der Waals surface area contributed by atoms with Gasteiger partial charge >= 0.3 is 0 Å². The van der Waals surface area contributed by atoms with Crippen LogP contribution in [0.15, 0.2) is 18.5 Å². The molecule has 2 rings (SSSR count). The maximum Gasteiger partial charge on any atom is 0.237 e. The van der Waals surface area contributed by atoms with Crippen LogP contribution in [-0.2, 0) is 4.79 Å². The molecule has 1 N–H and O–H groups in total. The molecular weight excluding hydrogens is 290 g/mol. The van der Waals surface area contributed by atoms with Crippen LogP contribution in [0.3, 0.4) is 0 Å². The van der Waals surface area contributed by atoms with Crippen molar-refractivity contribution in [2.24, 2.45) is 0 Å². The summed E-state index contributed by atoms with van der Waals surface area (Å²) >= 11 is 0. The van der Waals surface area contributed by atoms with Gasteiger partial charge in [-0.1, -0.05) is 19.3 Å². The van der Waals surface area contributed by atoms with E-state index in [4.69, 9.17) is 0 Å². The molecule has 1 aromatic heterocycles. The number of aromatic nitrogens is 2. The van der Waals surface area contributed by atoms with Crippen molar-refractivity contribution in [2.75, 3.05) is 13.6 Å². The van der Waals surface area contributed by atoms with Gasteiger partial charge in [0.1, 0.15) is 5.54 Å². The number of hydrogen-bond acceptors (Lipinski definition) is 4. The first-order chi connectivity index (χ1) is 11.0. The zero-order valence-electron chi connectivity index (χ0n) is 14.3. The standard InChI is InChI=1S/C17H27N5O/c1-14(15(2)22-11-7-10-20-22)19-12-16(23)21(3)17(13-18)8-5-4-6-9-17/h7,10-11,14-15,19H,4-6,8-9,12H2,1-3H3/t14-,15+/m1/s1. The van der Waals surface area contributed by atoms with E-state index < -0.39 is 5.54 Å². The Morgan fingerprint density at radius 1 is 1.43 bits per heavy atom. The zero-order chi connectivity index (χ0) is 16.9. The Labute approximate surface area is 138 Å². The van der Waals surface area contributed by atoms with Gasteiger partial charge in [-0.15, -0.1) is 0 Å². The van der Waals surface area contributed by atoms with Crippen LogP contribution in [0.1, 0.15) is 52.0 Å². The maximum absolute atomic E-state index is 12.5. The first-order valence-electron chi connectivity index (χ1n) is 8.40. The van der Waals surface area contributed by atoms with E-state index in [1.54, 1.807) is 18.1 Å². The van der Waals surface area contributed by atoms with E-state index in [-0.39, 0.29) is 24.5 Å². The molecule has 1 amide bonds. The summed E-state index contributed by atoms with van der Waals surface area (Å²) in [6, 6.07) is 4.55. The molecule has 1 saturated carbocycles. The SMILES string of the molecule is C[C@@H](NCC(=O)N(C)C1(C#N)CCCCC1)[C@H](C)n1cccn1. The van der Waals surface area contributed by atoms with Crippen LogP contribution in [0.2, 0.25) is 0 Å². The lowest BCUT2D eigenvalue weighted by Crippen LogP contribution is -2.53. The summed E-state index contributed by atoms with van der Waals surface area (Å²) in [5.41, 5.74) is -0.617. The summed E-state index contributed by atoms with van der Waals surface area (Å²) in [6.45, 7) is 4.35. The monoisotopic (exact) mass is 317 g/mol. The van der Waals surface area contributed by atoms with Crippen LogP contribution < -0.4 is 5.32 Å². The minimum absolute atomic E-state index is 0.0204. The van der Waals surface area contributed by atoms with Crippen LogP contribution in [0, 0.1) is 11.3 Å². The predicted molar refractivity (Wildman–Crippen MR) is 88.6 cm³/mol. The Balaban J connectivity index is 1.89. The van der Waals surface area contributed by atoms with Gasteiger partial charge in [0, 0.05) is 25.5 Å². The van der Waals surface area contributed by atoms with Gasteiger partial charge in [-0.3, -0.25) is 9.48 Å². The fourth-order valence-electron chi connectivity index (χ4n) is 3.19. The van der Waals surface area contributed by atoms with Crippen molar-refractivity contribution < 1.29 is 4.79 Å². The Kier molecular flexibility index (Phi) is 5.78. The van der Waals surface area contributed by atoms with Crippen LogP contribution in [0.25, 0.3) is 0 Å². The van der Waals surface area contributed by atoms with Gasteiger partial charge in [0.15, 0.2) is 0 Å². The summed E-state index contributed by atoms with van der Waals surface area (Å²) in [5, 5.41) is 17.1. The van der Waals surface area contributed by atoms with Crippen molar-refractivity contribution in [2.45, 2.75) is 63.6 Å². The molecule has 23 heavy (non-hydrogen) atoms. The molecule has 126 valence electrons. The summed E-state index contributed by atoms with van der Waals surface area (Å²) in [6.07, 6.45) is 8.43. The van der Waals surface area contributed by atoms with E-state index in [1.807, 2.05) is 23.9 Å². The van der Waals surface area contributed by atoms with Crippen molar-refractivity contribution in [3.8, 4) is 6.07 Å². The number of nitriles is 1. The first-order valence-corrected chi connectivity index (χ1v) is 8.40. The third-order valence-electron chi connectivity index (χ3n) is 5.15. The smallest absolute Gasteiger partial charge is 0.237 e. The number of nitrogens with zero attached hydrogens (tertiary/aromatic N) is 4. The van der Waals surface area contributed by atoms with E-state index in [0.717, 1.165) is 32.1 Å². The van der Waals surface area contributed by atoms with E-state index >= 15 is 0 Å². The summed E-state index contributed by atoms with van der Waals surface area (Å²) in [7, 11) is 1.76. The summed E-state index contributed by atoms with van der Waals surface area (Å²) in [4.78, 5) is 14.2. The van der Waals surface area contributed by atoms with Gasteiger partial charge in [0.25, 0.3) is 0 Å². The van der Waals surface area contributed by atoms with Crippen molar-refractivity contribution >= 4 is 5.91 Å². The minimum Gasteiger partial charge on any atom is -0.326 e. The average Bonchev–Trinajstić information content (AvgIpc) is 3.13. The number of carbonyl (C=O) groups is 1. The van der Waals surface area contributed by atoms with E-state index in [9.17, 15) is 10.1 Å². The average molecular weight is 317 g/mol. The van der Waals surface area contributed by atoms with Crippen molar-refractivity contribution in [3.05, 3.63) is 18.5 Å². The van der Waals surface area contributed by atoms with Crippen molar-refractivity contribution in [1.29, 1.82) is 5.26 Å². The van der Waals surface area contributed by atoms with Gasteiger partial charge in [-0.25, -0.2) is 0 Å². The lowest BCUT2D eigenvalue weighted by molar-refractivity contribution is -0.134. The fourth-order valence-corrected chi connectivity index (χ4v) is 3.19. The van der Waals surface area contributed by atoms with Gasteiger partial charge < -0.3 is 10.2 Å². The summed E-state index contributed by atoms with van der Waals surface area (Å²) < 4.78 is 1.88. The van der Waals surface area contributed by atoms with Crippen LogP contribution in [0.5, 0.6) is 0 Å². The van der Waals surface area contributed by atoms with Crippen molar-refractivity contribution in [1.82, 2.24) is 20.0 Å². The van der Waals surface area contributed by atoms with E-state index in [1.165, 1.54) is 0 Å². The molecule has 2 atom stereocenters. The molecule has 0 saturated heterocycles. The van der Waals surface area contributed by atoms with E-state index in [2.05, 4.69) is 23.4 Å². The minimum atomic E-state index is -0.617. The molecule has 1 aromatic rings. The van der Waals surface area contributed by atoms with Gasteiger partial charge in [-0.2, -0.15) is 10.4 Å². The third-order valence-corrected chi connectivity index (χ3v) is 5.15. The number of carbonyl (C=O) groups excluding carboxylic acids is 1. The second kappa shape index (κ2) is 7.60. The number of amides is 1. The largest absolute Gasteiger partial charge is 0.326 e. The molecule has 0 aliphatic heterocycles. The van der Waals surface area contributed by atoms with Gasteiger partial charge in [0.2, 0.25) is 5.91 Å². The lowest BCUT2D eigenvalue weighted by Gasteiger charge is -2.39. The normalized spacial score (nSPS) is 19.6. The number of likely N-dealkylation sites (N-methyl/N-ethyl adjacent to an activating group) is 1. The highest BCUT2D eigenvalue weighted by Gasteiger charge is 2.38. The Morgan fingerprint density at radius 2 is 2.13 bits per heavy atom. The van der Waals surface area contributed by atoms with E-state index in [0.29, 0.717) is 0 Å².